The fourth-order valence-corrected chi connectivity index (χ4v) is 2.82. The number of aliphatic imine (C=N–C) groups is 1. The summed E-state index contributed by atoms with van der Waals surface area (Å²) in [4.78, 5) is 34.8. The van der Waals surface area contributed by atoms with Gasteiger partial charge in [-0.25, -0.2) is 4.79 Å². The Morgan fingerprint density at radius 3 is 2.21 bits per heavy atom. The van der Waals surface area contributed by atoms with Gasteiger partial charge in [-0.05, 0) is 54.4 Å². The third-order valence-electron chi connectivity index (χ3n) is 4.40. The Morgan fingerprint density at radius 2 is 1.75 bits per heavy atom. The van der Waals surface area contributed by atoms with Crippen LogP contribution in [0.2, 0.25) is 0 Å². The second-order valence-electron chi connectivity index (χ2n) is 8.06. The molecule has 8 nitrogen and oxygen atoms in total. The summed E-state index contributed by atoms with van der Waals surface area (Å²) in [5, 5.41) is 3.22. The van der Waals surface area contributed by atoms with Gasteiger partial charge in [0, 0.05) is 39.3 Å². The summed E-state index contributed by atoms with van der Waals surface area (Å²) < 4.78 is 5.52. The van der Waals surface area contributed by atoms with Gasteiger partial charge in [-0.2, -0.15) is 0 Å². The Balaban J connectivity index is 2.69. The Morgan fingerprint density at radius 1 is 1.14 bits per heavy atom. The van der Waals surface area contributed by atoms with Crippen LogP contribution < -0.4 is 5.32 Å². The Hall–Kier alpha value is -1.99. The lowest BCUT2D eigenvalue weighted by Crippen LogP contribution is -2.46. The fraction of sp³-hybridized carbons (Fsp3) is 0.850. The van der Waals surface area contributed by atoms with E-state index in [4.69, 9.17) is 4.74 Å². The largest absolute Gasteiger partial charge is 0.444 e. The molecule has 0 heterocycles. The van der Waals surface area contributed by atoms with E-state index in [1.807, 2.05) is 53.5 Å². The third kappa shape index (κ3) is 8.35. The number of guanidine groups is 1. The zero-order valence-corrected chi connectivity index (χ0v) is 18.7. The third-order valence-corrected chi connectivity index (χ3v) is 4.40. The molecule has 8 heteroatoms. The van der Waals surface area contributed by atoms with E-state index in [-0.39, 0.29) is 24.6 Å². The van der Waals surface area contributed by atoms with Crippen LogP contribution in [0.1, 0.15) is 54.4 Å². The SMILES string of the molecule is CCNC(=NCCN(C(=O)OC(C)(C)C)C1CC1)N(C)CC(=O)N(CC)CC. The standard InChI is InChI=1S/C20H39N5O3/c1-8-21-18(23(7)15-17(26)24(9-2)10-3)22-13-14-25(16-11-12-16)19(27)28-20(4,5)6/h16H,8-15H2,1-7H3,(H,21,22). The minimum atomic E-state index is -0.507. The number of nitrogens with zero attached hydrogens (tertiary/aromatic N) is 4. The summed E-state index contributed by atoms with van der Waals surface area (Å²) in [7, 11) is 1.86. The molecule has 0 saturated heterocycles. The first kappa shape index (κ1) is 24.0. The maximum Gasteiger partial charge on any atom is 0.410 e. The summed E-state index contributed by atoms with van der Waals surface area (Å²) in [6, 6.07) is 0.259. The van der Waals surface area contributed by atoms with E-state index < -0.39 is 5.60 Å². The molecule has 0 aliphatic heterocycles. The summed E-state index contributed by atoms with van der Waals surface area (Å²) in [6.45, 7) is 14.9. The lowest BCUT2D eigenvalue weighted by atomic mass is 10.2. The molecule has 162 valence electrons. The smallest absolute Gasteiger partial charge is 0.410 e. The van der Waals surface area contributed by atoms with E-state index in [1.165, 1.54) is 0 Å². The molecule has 28 heavy (non-hydrogen) atoms. The molecule has 1 N–H and O–H groups in total. The molecule has 0 aromatic carbocycles. The van der Waals surface area contributed by atoms with Gasteiger partial charge in [0.05, 0.1) is 13.1 Å². The highest BCUT2D eigenvalue weighted by molar-refractivity contribution is 5.86. The van der Waals surface area contributed by atoms with Crippen LogP contribution >= 0.6 is 0 Å². The van der Waals surface area contributed by atoms with Gasteiger partial charge in [-0.3, -0.25) is 9.79 Å². The van der Waals surface area contributed by atoms with Crippen LogP contribution in [0.15, 0.2) is 4.99 Å². The van der Waals surface area contributed by atoms with E-state index in [1.54, 1.807) is 9.80 Å². The molecular weight excluding hydrogens is 358 g/mol. The molecule has 1 aliphatic rings. The van der Waals surface area contributed by atoms with Crippen molar-refractivity contribution in [3.63, 3.8) is 0 Å². The first-order chi connectivity index (χ1) is 13.1. The molecule has 1 saturated carbocycles. The van der Waals surface area contributed by atoms with E-state index in [9.17, 15) is 9.59 Å². The van der Waals surface area contributed by atoms with Crippen molar-refractivity contribution >= 4 is 18.0 Å². The van der Waals surface area contributed by atoms with Gasteiger partial charge in [-0.1, -0.05) is 0 Å². The van der Waals surface area contributed by atoms with Gasteiger partial charge in [0.2, 0.25) is 5.91 Å². The molecule has 0 aromatic rings. The lowest BCUT2D eigenvalue weighted by Gasteiger charge is -2.28. The van der Waals surface area contributed by atoms with Crippen LogP contribution in [-0.2, 0) is 9.53 Å². The van der Waals surface area contributed by atoms with E-state index in [0.29, 0.717) is 38.7 Å². The molecular formula is C20H39N5O3. The second kappa shape index (κ2) is 11.1. The maximum atomic E-state index is 12.4. The molecule has 1 aliphatic carbocycles. The highest BCUT2D eigenvalue weighted by Gasteiger charge is 2.34. The number of rotatable bonds is 9. The molecule has 0 aromatic heterocycles. The molecule has 2 amide bonds. The van der Waals surface area contributed by atoms with Crippen molar-refractivity contribution in [2.45, 2.75) is 66.0 Å². The van der Waals surface area contributed by atoms with Gasteiger partial charge in [0.15, 0.2) is 5.96 Å². The van der Waals surface area contributed by atoms with E-state index >= 15 is 0 Å². The minimum Gasteiger partial charge on any atom is -0.444 e. The number of nitrogens with one attached hydrogen (secondary N) is 1. The number of amides is 2. The highest BCUT2D eigenvalue weighted by atomic mass is 16.6. The monoisotopic (exact) mass is 397 g/mol. The number of carbonyl (C=O) groups excluding carboxylic acids is 2. The summed E-state index contributed by atoms with van der Waals surface area (Å²) in [6.07, 6.45) is 1.75. The van der Waals surface area contributed by atoms with Gasteiger partial charge in [-0.15, -0.1) is 0 Å². The topological polar surface area (TPSA) is 77.5 Å². The van der Waals surface area contributed by atoms with Crippen molar-refractivity contribution < 1.29 is 14.3 Å². The number of hydrogen-bond donors (Lipinski definition) is 1. The number of carbonyl (C=O) groups is 2. The van der Waals surface area contributed by atoms with Crippen LogP contribution in [0.5, 0.6) is 0 Å². The zero-order valence-electron chi connectivity index (χ0n) is 18.7. The number of hydrogen-bond acceptors (Lipinski definition) is 4. The maximum absolute atomic E-state index is 12.4. The second-order valence-corrected chi connectivity index (χ2v) is 8.06. The van der Waals surface area contributed by atoms with Crippen molar-refractivity contribution in [2.75, 3.05) is 46.3 Å². The van der Waals surface area contributed by atoms with E-state index in [2.05, 4.69) is 10.3 Å². The fourth-order valence-electron chi connectivity index (χ4n) is 2.82. The van der Waals surface area contributed by atoms with Crippen molar-refractivity contribution in [1.29, 1.82) is 0 Å². The predicted molar refractivity (Wildman–Crippen MR) is 112 cm³/mol. The van der Waals surface area contributed by atoms with Gasteiger partial charge in [0.25, 0.3) is 0 Å². The summed E-state index contributed by atoms with van der Waals surface area (Å²) >= 11 is 0. The lowest BCUT2D eigenvalue weighted by molar-refractivity contribution is -0.131. The van der Waals surface area contributed by atoms with Crippen molar-refractivity contribution in [2.24, 2.45) is 4.99 Å². The van der Waals surface area contributed by atoms with Crippen LogP contribution in [0, 0.1) is 0 Å². The zero-order chi connectivity index (χ0) is 21.3. The van der Waals surface area contributed by atoms with Crippen LogP contribution in [0.4, 0.5) is 4.79 Å². The first-order valence-electron chi connectivity index (χ1n) is 10.4. The number of likely N-dealkylation sites (N-methyl/N-ethyl adjacent to an activating group) is 2. The first-order valence-corrected chi connectivity index (χ1v) is 10.4. The highest BCUT2D eigenvalue weighted by Crippen LogP contribution is 2.28. The van der Waals surface area contributed by atoms with E-state index in [0.717, 1.165) is 12.8 Å². The number of ether oxygens (including phenoxy) is 1. The molecule has 0 atom stereocenters. The quantitative estimate of drug-likeness (QED) is 0.476. The Bertz CT molecular complexity index is 536. The predicted octanol–water partition coefficient (Wildman–Crippen LogP) is 2.15. The van der Waals surface area contributed by atoms with Crippen molar-refractivity contribution in [1.82, 2.24) is 20.0 Å². The van der Waals surface area contributed by atoms with Gasteiger partial charge < -0.3 is 24.8 Å². The Labute approximate surface area is 170 Å². The molecule has 1 rings (SSSR count). The minimum absolute atomic E-state index is 0.0754. The van der Waals surface area contributed by atoms with Gasteiger partial charge in [0.1, 0.15) is 5.60 Å². The normalized spacial score (nSPS) is 14.5. The molecule has 0 radical (unpaired) electrons. The molecule has 1 fully saturated rings. The van der Waals surface area contributed by atoms with Crippen LogP contribution in [-0.4, -0.2) is 90.6 Å². The summed E-state index contributed by atoms with van der Waals surface area (Å²) in [5.41, 5.74) is -0.507. The summed E-state index contributed by atoms with van der Waals surface area (Å²) in [5.74, 6) is 0.745. The molecule has 0 unspecified atom stereocenters. The van der Waals surface area contributed by atoms with Crippen LogP contribution in [0.25, 0.3) is 0 Å². The molecule has 0 spiro atoms. The molecule has 0 bridgehead atoms. The van der Waals surface area contributed by atoms with Crippen molar-refractivity contribution in [3.05, 3.63) is 0 Å². The van der Waals surface area contributed by atoms with Crippen LogP contribution in [0.3, 0.4) is 0 Å². The Kier molecular flexibility index (Phi) is 9.55. The van der Waals surface area contributed by atoms with Crippen molar-refractivity contribution in [3.8, 4) is 0 Å². The average Bonchev–Trinajstić information content (AvgIpc) is 3.41. The van der Waals surface area contributed by atoms with Gasteiger partial charge >= 0.3 is 6.09 Å². The average molecular weight is 398 g/mol.